The normalized spacial score (nSPS) is 13.8. The van der Waals surface area contributed by atoms with Crippen LogP contribution in [0.1, 0.15) is 24.8 Å². The summed E-state index contributed by atoms with van der Waals surface area (Å²) in [5.74, 6) is 1.53. The lowest BCUT2D eigenvalue weighted by atomic mass is 10.1. The summed E-state index contributed by atoms with van der Waals surface area (Å²) in [5, 5.41) is 15.4. The molecule has 196 valence electrons. The molecule has 0 atom stereocenters. The molecule has 1 aliphatic rings. The molecule has 0 unspecified atom stereocenters. The standard InChI is InChI=1S/C25H31N7O5/c1-27-7-4-23(33)37-13-11-35-10-12-36-21-14-20-25(31-24(21)30-19-5-8-34-9-6-19)32(17-29-20)22-3-2-18(15-26)16-28-22/h2-3,14,16-17,19,27H,4-13H2,1H3,(H,30,31). The number of esters is 1. The minimum Gasteiger partial charge on any atom is -0.487 e. The Bertz CT molecular complexity index is 1200. The van der Waals surface area contributed by atoms with Gasteiger partial charge in [-0.1, -0.05) is 0 Å². The van der Waals surface area contributed by atoms with Crippen LogP contribution in [0.3, 0.4) is 0 Å². The Morgan fingerprint density at radius 2 is 2.05 bits per heavy atom. The summed E-state index contributed by atoms with van der Waals surface area (Å²) in [6.07, 6.45) is 5.23. The maximum absolute atomic E-state index is 11.5. The van der Waals surface area contributed by atoms with Crippen LogP contribution in [0.25, 0.3) is 17.0 Å². The Morgan fingerprint density at radius 1 is 1.22 bits per heavy atom. The molecule has 0 saturated carbocycles. The highest BCUT2D eigenvalue weighted by Crippen LogP contribution is 2.29. The summed E-state index contributed by atoms with van der Waals surface area (Å²) < 4.78 is 23.9. The van der Waals surface area contributed by atoms with Crippen LogP contribution in [0, 0.1) is 11.3 Å². The first-order valence-corrected chi connectivity index (χ1v) is 12.3. The van der Waals surface area contributed by atoms with Crippen LogP contribution in [0.4, 0.5) is 5.82 Å². The fraction of sp³-hybridized carbons (Fsp3) is 0.480. The summed E-state index contributed by atoms with van der Waals surface area (Å²) in [6, 6.07) is 7.58. The summed E-state index contributed by atoms with van der Waals surface area (Å²) in [7, 11) is 1.78. The zero-order chi connectivity index (χ0) is 25.9. The quantitative estimate of drug-likeness (QED) is 0.257. The van der Waals surface area contributed by atoms with Gasteiger partial charge in [0.05, 0.1) is 25.2 Å². The molecular formula is C25H31N7O5. The van der Waals surface area contributed by atoms with Crippen molar-refractivity contribution in [3.05, 3.63) is 36.3 Å². The number of nitrogens with one attached hydrogen (secondary N) is 2. The monoisotopic (exact) mass is 509 g/mol. The molecule has 37 heavy (non-hydrogen) atoms. The van der Waals surface area contributed by atoms with Crippen LogP contribution >= 0.6 is 0 Å². The van der Waals surface area contributed by atoms with Crippen molar-refractivity contribution in [1.29, 1.82) is 5.26 Å². The van der Waals surface area contributed by atoms with Crippen molar-refractivity contribution in [3.8, 4) is 17.6 Å². The summed E-state index contributed by atoms with van der Waals surface area (Å²) in [4.78, 5) is 25.2. The number of hydrogen-bond acceptors (Lipinski definition) is 11. The van der Waals surface area contributed by atoms with E-state index in [1.54, 1.807) is 30.1 Å². The van der Waals surface area contributed by atoms with Gasteiger partial charge in [0.1, 0.15) is 36.9 Å². The number of rotatable bonds is 13. The third-order valence-electron chi connectivity index (χ3n) is 5.73. The van der Waals surface area contributed by atoms with Gasteiger partial charge in [0, 0.05) is 38.1 Å². The fourth-order valence-corrected chi connectivity index (χ4v) is 3.76. The number of imidazole rings is 1. The highest BCUT2D eigenvalue weighted by Gasteiger charge is 2.19. The molecule has 3 aromatic rings. The van der Waals surface area contributed by atoms with Gasteiger partial charge >= 0.3 is 5.97 Å². The van der Waals surface area contributed by atoms with Gasteiger partial charge in [0.2, 0.25) is 0 Å². The molecule has 0 aromatic carbocycles. The fourth-order valence-electron chi connectivity index (χ4n) is 3.76. The van der Waals surface area contributed by atoms with Crippen LogP contribution in [0.15, 0.2) is 30.7 Å². The molecule has 1 fully saturated rings. The van der Waals surface area contributed by atoms with E-state index in [-0.39, 0.29) is 18.6 Å². The van der Waals surface area contributed by atoms with E-state index in [0.29, 0.717) is 80.1 Å². The highest BCUT2D eigenvalue weighted by molar-refractivity contribution is 5.78. The Labute approximate surface area is 214 Å². The largest absolute Gasteiger partial charge is 0.487 e. The number of hydrogen-bond donors (Lipinski definition) is 2. The average Bonchev–Trinajstić information content (AvgIpc) is 3.34. The van der Waals surface area contributed by atoms with Crippen LogP contribution in [-0.4, -0.2) is 84.8 Å². The molecule has 0 amide bonds. The third kappa shape index (κ3) is 7.36. The molecule has 2 N–H and O–H groups in total. The van der Waals surface area contributed by atoms with E-state index in [0.717, 1.165) is 12.8 Å². The number of carbonyl (C=O) groups is 1. The molecule has 1 aliphatic heterocycles. The maximum atomic E-state index is 11.5. The van der Waals surface area contributed by atoms with Crippen molar-refractivity contribution < 1.29 is 23.7 Å². The van der Waals surface area contributed by atoms with Gasteiger partial charge in [-0.05, 0) is 32.0 Å². The SMILES string of the molecule is CNCCC(=O)OCCOCCOc1cc2ncn(-c3ccc(C#N)cn3)c2nc1NC1CCOCC1. The van der Waals surface area contributed by atoms with Crippen LogP contribution < -0.4 is 15.4 Å². The van der Waals surface area contributed by atoms with Crippen molar-refractivity contribution >= 4 is 23.0 Å². The maximum Gasteiger partial charge on any atom is 0.307 e. The number of nitriles is 1. The third-order valence-corrected chi connectivity index (χ3v) is 5.73. The molecule has 12 heteroatoms. The lowest BCUT2D eigenvalue weighted by Gasteiger charge is -2.24. The van der Waals surface area contributed by atoms with Crippen LogP contribution in [0.2, 0.25) is 0 Å². The Morgan fingerprint density at radius 3 is 2.81 bits per heavy atom. The predicted molar refractivity (Wildman–Crippen MR) is 135 cm³/mol. The van der Waals surface area contributed by atoms with E-state index in [9.17, 15) is 4.79 Å². The van der Waals surface area contributed by atoms with E-state index in [4.69, 9.17) is 29.2 Å². The Kier molecular flexibility index (Phi) is 9.59. The predicted octanol–water partition coefficient (Wildman–Crippen LogP) is 1.83. The zero-order valence-electron chi connectivity index (χ0n) is 20.8. The first-order valence-electron chi connectivity index (χ1n) is 12.3. The second-order valence-corrected chi connectivity index (χ2v) is 8.38. The average molecular weight is 510 g/mol. The zero-order valence-corrected chi connectivity index (χ0v) is 20.8. The molecule has 4 heterocycles. The van der Waals surface area contributed by atoms with E-state index >= 15 is 0 Å². The highest BCUT2D eigenvalue weighted by atomic mass is 16.6. The van der Waals surface area contributed by atoms with Crippen LogP contribution in [-0.2, 0) is 19.0 Å². The van der Waals surface area contributed by atoms with Gasteiger partial charge in [-0.15, -0.1) is 0 Å². The molecule has 0 spiro atoms. The minimum absolute atomic E-state index is 0.202. The van der Waals surface area contributed by atoms with Gasteiger partial charge in [0.25, 0.3) is 0 Å². The molecule has 12 nitrogen and oxygen atoms in total. The number of nitrogens with zero attached hydrogens (tertiary/aromatic N) is 5. The first kappa shape index (κ1) is 26.3. The second kappa shape index (κ2) is 13.5. The van der Waals surface area contributed by atoms with E-state index in [1.165, 1.54) is 6.20 Å². The van der Waals surface area contributed by atoms with E-state index in [2.05, 4.69) is 26.7 Å². The number of carbonyl (C=O) groups excluding carboxylic acids is 1. The number of ether oxygens (including phenoxy) is 4. The van der Waals surface area contributed by atoms with Crippen LogP contribution in [0.5, 0.6) is 5.75 Å². The van der Waals surface area contributed by atoms with Gasteiger partial charge in [0.15, 0.2) is 17.2 Å². The minimum atomic E-state index is -0.256. The molecule has 4 rings (SSSR count). The second-order valence-electron chi connectivity index (χ2n) is 8.38. The summed E-state index contributed by atoms with van der Waals surface area (Å²) in [6.45, 7) is 3.08. The van der Waals surface area contributed by atoms with Crippen molar-refractivity contribution in [2.24, 2.45) is 0 Å². The molecule has 0 aliphatic carbocycles. The molecular weight excluding hydrogens is 478 g/mol. The number of fused-ring (bicyclic) bond motifs is 1. The number of anilines is 1. The number of aromatic nitrogens is 4. The topological polar surface area (TPSA) is 145 Å². The van der Waals surface area contributed by atoms with Gasteiger partial charge in [-0.25, -0.2) is 15.0 Å². The number of pyridine rings is 2. The molecule has 1 saturated heterocycles. The lowest BCUT2D eigenvalue weighted by molar-refractivity contribution is -0.145. The Hall–Kier alpha value is -3.79. The van der Waals surface area contributed by atoms with Gasteiger partial charge in [-0.3, -0.25) is 9.36 Å². The smallest absolute Gasteiger partial charge is 0.307 e. The molecule has 3 aromatic heterocycles. The van der Waals surface area contributed by atoms with Crippen molar-refractivity contribution in [3.63, 3.8) is 0 Å². The van der Waals surface area contributed by atoms with Crippen molar-refractivity contribution in [2.75, 3.05) is 58.6 Å². The van der Waals surface area contributed by atoms with Gasteiger partial charge < -0.3 is 29.6 Å². The van der Waals surface area contributed by atoms with Gasteiger partial charge in [-0.2, -0.15) is 5.26 Å². The molecule has 0 bridgehead atoms. The first-order chi connectivity index (χ1) is 18.2. The molecule has 0 radical (unpaired) electrons. The lowest BCUT2D eigenvalue weighted by Crippen LogP contribution is -2.28. The summed E-state index contributed by atoms with van der Waals surface area (Å²) >= 11 is 0. The van der Waals surface area contributed by atoms with E-state index < -0.39 is 0 Å². The summed E-state index contributed by atoms with van der Waals surface area (Å²) in [5.41, 5.74) is 1.75. The van der Waals surface area contributed by atoms with E-state index in [1.807, 2.05) is 6.07 Å². The van der Waals surface area contributed by atoms with Crippen molar-refractivity contribution in [2.45, 2.75) is 25.3 Å². The Balaban J connectivity index is 1.41. The van der Waals surface area contributed by atoms with Crippen molar-refractivity contribution in [1.82, 2.24) is 24.8 Å².